The summed E-state index contributed by atoms with van der Waals surface area (Å²) in [6.45, 7) is 3.42. The van der Waals surface area contributed by atoms with E-state index in [2.05, 4.69) is 20.3 Å². The standard InChI is InChI=1S/C15H19N5O2S/c1-10-17-12(7-13(18-10)19-15-16-4-6-23-15)11-3-5-20(8-11)14(21)9-22-2/h4,6-7,11H,3,5,8-9H2,1-2H3,(H,16,17,18,19)/t11-/m1/s1. The number of carbonyl (C=O) groups excluding carboxylic acids is 1. The van der Waals surface area contributed by atoms with Crippen LogP contribution in [0, 0.1) is 6.92 Å². The summed E-state index contributed by atoms with van der Waals surface area (Å²) in [7, 11) is 1.54. The van der Waals surface area contributed by atoms with Crippen LogP contribution in [-0.2, 0) is 9.53 Å². The summed E-state index contributed by atoms with van der Waals surface area (Å²) in [5.41, 5.74) is 0.962. The lowest BCUT2D eigenvalue weighted by molar-refractivity contribution is -0.134. The van der Waals surface area contributed by atoms with Crippen LogP contribution < -0.4 is 5.32 Å². The Hall–Kier alpha value is -2.06. The minimum absolute atomic E-state index is 0.0295. The number of aromatic nitrogens is 3. The van der Waals surface area contributed by atoms with E-state index in [-0.39, 0.29) is 18.4 Å². The van der Waals surface area contributed by atoms with Crippen molar-refractivity contribution in [3.63, 3.8) is 0 Å². The van der Waals surface area contributed by atoms with Crippen molar-refractivity contribution in [1.29, 1.82) is 0 Å². The summed E-state index contributed by atoms with van der Waals surface area (Å²) in [5, 5.41) is 5.91. The Labute approximate surface area is 138 Å². The van der Waals surface area contributed by atoms with Crippen LogP contribution in [0.4, 0.5) is 10.9 Å². The monoisotopic (exact) mass is 333 g/mol. The van der Waals surface area contributed by atoms with E-state index in [4.69, 9.17) is 4.74 Å². The summed E-state index contributed by atoms with van der Waals surface area (Å²) in [5.74, 6) is 1.71. The zero-order chi connectivity index (χ0) is 16.2. The van der Waals surface area contributed by atoms with Gasteiger partial charge in [-0.25, -0.2) is 15.0 Å². The Morgan fingerprint density at radius 1 is 1.52 bits per heavy atom. The van der Waals surface area contributed by atoms with Crippen molar-refractivity contribution in [2.75, 3.05) is 32.1 Å². The highest BCUT2D eigenvalue weighted by Gasteiger charge is 2.28. The number of thiazole rings is 1. The van der Waals surface area contributed by atoms with E-state index < -0.39 is 0 Å². The van der Waals surface area contributed by atoms with Gasteiger partial charge >= 0.3 is 0 Å². The molecule has 1 aliphatic heterocycles. The number of nitrogens with zero attached hydrogens (tertiary/aromatic N) is 4. The van der Waals surface area contributed by atoms with E-state index in [0.29, 0.717) is 12.4 Å². The second kappa shape index (κ2) is 7.01. The van der Waals surface area contributed by atoms with Gasteiger partial charge in [0.25, 0.3) is 0 Å². The molecule has 1 atom stereocenters. The number of ether oxygens (including phenoxy) is 1. The predicted molar refractivity (Wildman–Crippen MR) is 88.0 cm³/mol. The van der Waals surface area contributed by atoms with Gasteiger partial charge in [-0.1, -0.05) is 0 Å². The molecule has 1 saturated heterocycles. The normalized spacial score (nSPS) is 17.5. The summed E-state index contributed by atoms with van der Waals surface area (Å²) >= 11 is 1.52. The minimum Gasteiger partial charge on any atom is -0.375 e. The fraction of sp³-hybridized carbons (Fsp3) is 0.467. The first-order valence-corrected chi connectivity index (χ1v) is 8.32. The number of methoxy groups -OCH3 is 1. The molecule has 0 aliphatic carbocycles. The van der Waals surface area contributed by atoms with Crippen molar-refractivity contribution in [3.05, 3.63) is 29.2 Å². The predicted octanol–water partition coefficient (Wildman–Crippen LogP) is 1.95. The van der Waals surface area contributed by atoms with Gasteiger partial charge in [0.05, 0.1) is 5.69 Å². The highest BCUT2D eigenvalue weighted by molar-refractivity contribution is 7.13. The van der Waals surface area contributed by atoms with Crippen LogP contribution in [0.15, 0.2) is 17.6 Å². The maximum absolute atomic E-state index is 11.9. The molecule has 7 nitrogen and oxygen atoms in total. The molecule has 0 radical (unpaired) electrons. The highest BCUT2D eigenvalue weighted by Crippen LogP contribution is 2.28. The first kappa shape index (κ1) is 15.8. The van der Waals surface area contributed by atoms with Gasteiger partial charge in [0.1, 0.15) is 18.2 Å². The van der Waals surface area contributed by atoms with E-state index in [0.717, 1.165) is 29.6 Å². The number of hydrogen-bond donors (Lipinski definition) is 1. The van der Waals surface area contributed by atoms with Crippen molar-refractivity contribution < 1.29 is 9.53 Å². The molecule has 1 fully saturated rings. The van der Waals surface area contributed by atoms with Crippen LogP contribution in [-0.4, -0.2) is 52.6 Å². The van der Waals surface area contributed by atoms with Crippen LogP contribution in [0.2, 0.25) is 0 Å². The van der Waals surface area contributed by atoms with Gasteiger partial charge in [-0.05, 0) is 13.3 Å². The van der Waals surface area contributed by atoms with Gasteiger partial charge < -0.3 is 15.0 Å². The minimum atomic E-state index is 0.0295. The molecule has 0 unspecified atom stereocenters. The first-order valence-electron chi connectivity index (χ1n) is 7.44. The SMILES string of the molecule is COCC(=O)N1CC[C@@H](c2cc(Nc3nccs3)nc(C)n2)C1. The molecule has 122 valence electrons. The number of rotatable bonds is 5. The fourth-order valence-electron chi connectivity index (χ4n) is 2.70. The summed E-state index contributed by atoms with van der Waals surface area (Å²) in [4.78, 5) is 26.9. The molecule has 0 bridgehead atoms. The molecule has 1 aliphatic rings. The number of anilines is 2. The largest absolute Gasteiger partial charge is 0.375 e. The molecule has 8 heteroatoms. The van der Waals surface area contributed by atoms with E-state index in [9.17, 15) is 4.79 Å². The average molecular weight is 333 g/mol. The lowest BCUT2D eigenvalue weighted by Gasteiger charge is -2.16. The smallest absolute Gasteiger partial charge is 0.248 e. The highest BCUT2D eigenvalue weighted by atomic mass is 32.1. The Balaban J connectivity index is 1.73. The number of hydrogen-bond acceptors (Lipinski definition) is 7. The molecule has 0 saturated carbocycles. The summed E-state index contributed by atoms with van der Waals surface area (Å²) in [6, 6.07) is 1.95. The molecule has 1 amide bonds. The molecule has 0 spiro atoms. The van der Waals surface area contributed by atoms with Crippen LogP contribution in [0.3, 0.4) is 0 Å². The van der Waals surface area contributed by atoms with Crippen LogP contribution in [0.5, 0.6) is 0 Å². The van der Waals surface area contributed by atoms with Crippen molar-refractivity contribution in [2.24, 2.45) is 0 Å². The Morgan fingerprint density at radius 3 is 3.13 bits per heavy atom. The Kier molecular flexibility index (Phi) is 4.82. The zero-order valence-corrected chi connectivity index (χ0v) is 14.0. The van der Waals surface area contributed by atoms with Gasteiger partial charge in [0.2, 0.25) is 5.91 Å². The molecule has 23 heavy (non-hydrogen) atoms. The van der Waals surface area contributed by atoms with Crippen molar-refractivity contribution >= 4 is 28.2 Å². The van der Waals surface area contributed by atoms with Gasteiger partial charge in [0.15, 0.2) is 5.13 Å². The fourth-order valence-corrected chi connectivity index (χ4v) is 3.24. The molecular formula is C15H19N5O2S. The lowest BCUT2D eigenvalue weighted by atomic mass is 10.0. The average Bonchev–Trinajstić information content (AvgIpc) is 3.18. The van der Waals surface area contributed by atoms with Gasteiger partial charge in [-0.2, -0.15) is 0 Å². The molecule has 2 aromatic rings. The number of nitrogens with one attached hydrogen (secondary N) is 1. The summed E-state index contributed by atoms with van der Waals surface area (Å²) in [6.07, 6.45) is 2.65. The third-order valence-corrected chi connectivity index (χ3v) is 4.44. The Morgan fingerprint density at radius 2 is 2.39 bits per heavy atom. The maximum Gasteiger partial charge on any atom is 0.248 e. The zero-order valence-electron chi connectivity index (χ0n) is 13.2. The van der Waals surface area contributed by atoms with Gasteiger partial charge in [0, 0.05) is 43.8 Å². The number of carbonyl (C=O) groups is 1. The van der Waals surface area contributed by atoms with Crippen LogP contribution in [0.25, 0.3) is 0 Å². The second-order valence-electron chi connectivity index (χ2n) is 5.45. The molecule has 0 aromatic carbocycles. The van der Waals surface area contributed by atoms with Gasteiger partial charge in [-0.15, -0.1) is 11.3 Å². The lowest BCUT2D eigenvalue weighted by Crippen LogP contribution is -2.31. The summed E-state index contributed by atoms with van der Waals surface area (Å²) < 4.78 is 4.92. The van der Waals surface area contributed by atoms with E-state index in [1.165, 1.54) is 18.4 Å². The van der Waals surface area contributed by atoms with Crippen molar-refractivity contribution in [2.45, 2.75) is 19.3 Å². The van der Waals surface area contributed by atoms with E-state index in [1.54, 1.807) is 6.20 Å². The second-order valence-corrected chi connectivity index (χ2v) is 6.34. The van der Waals surface area contributed by atoms with Gasteiger partial charge in [-0.3, -0.25) is 4.79 Å². The molecule has 1 N–H and O–H groups in total. The van der Waals surface area contributed by atoms with Crippen LogP contribution >= 0.6 is 11.3 Å². The molecule has 2 aromatic heterocycles. The number of likely N-dealkylation sites (tertiary alicyclic amines) is 1. The topological polar surface area (TPSA) is 80.2 Å². The quantitative estimate of drug-likeness (QED) is 0.901. The van der Waals surface area contributed by atoms with E-state index in [1.807, 2.05) is 23.3 Å². The third kappa shape index (κ3) is 3.83. The van der Waals surface area contributed by atoms with Crippen LogP contribution in [0.1, 0.15) is 23.9 Å². The van der Waals surface area contributed by atoms with Crippen molar-refractivity contribution in [3.8, 4) is 0 Å². The van der Waals surface area contributed by atoms with E-state index >= 15 is 0 Å². The number of amides is 1. The third-order valence-electron chi connectivity index (χ3n) is 3.75. The molecular weight excluding hydrogens is 314 g/mol. The molecule has 3 rings (SSSR count). The Bertz CT molecular complexity index is 677. The molecule has 3 heterocycles. The number of aryl methyl sites for hydroxylation is 1. The first-order chi connectivity index (χ1) is 11.2. The van der Waals surface area contributed by atoms with Crippen molar-refractivity contribution in [1.82, 2.24) is 19.9 Å². The maximum atomic E-state index is 11.9.